The molecule has 96 valence electrons. The third-order valence-corrected chi connectivity index (χ3v) is 4.68. The van der Waals surface area contributed by atoms with E-state index in [1.807, 2.05) is 30.0 Å². The van der Waals surface area contributed by atoms with Gasteiger partial charge in [0.05, 0.1) is 10.0 Å². The molecule has 2 atom stereocenters. The molecule has 1 aromatic carbocycles. The van der Waals surface area contributed by atoms with Gasteiger partial charge in [0.2, 0.25) is 0 Å². The van der Waals surface area contributed by atoms with E-state index in [0.717, 1.165) is 17.9 Å². The molecule has 0 bridgehead atoms. The van der Waals surface area contributed by atoms with Crippen LogP contribution in [0.1, 0.15) is 27.2 Å². The molecule has 0 aliphatic carbocycles. The summed E-state index contributed by atoms with van der Waals surface area (Å²) in [6, 6.07) is 6.28. The average Bonchev–Trinajstić information content (AvgIpc) is 2.30. The van der Waals surface area contributed by atoms with Crippen molar-refractivity contribution in [3.8, 4) is 0 Å². The molecule has 0 saturated carbocycles. The highest BCUT2D eigenvalue weighted by Crippen LogP contribution is 2.31. The van der Waals surface area contributed by atoms with Crippen LogP contribution in [0.5, 0.6) is 0 Å². The van der Waals surface area contributed by atoms with Crippen LogP contribution in [0.25, 0.3) is 0 Å². The highest BCUT2D eigenvalue weighted by atomic mass is 35.5. The van der Waals surface area contributed by atoms with Gasteiger partial charge in [-0.2, -0.15) is 0 Å². The lowest BCUT2D eigenvalue weighted by Crippen LogP contribution is -2.34. The summed E-state index contributed by atoms with van der Waals surface area (Å²) >= 11 is 13.7. The van der Waals surface area contributed by atoms with Crippen LogP contribution < -0.4 is 5.32 Å². The van der Waals surface area contributed by atoms with Crippen LogP contribution in [0.3, 0.4) is 0 Å². The fourth-order valence-corrected chi connectivity index (χ4v) is 2.83. The highest BCUT2D eigenvalue weighted by molar-refractivity contribution is 8.00. The first kappa shape index (κ1) is 15.2. The van der Waals surface area contributed by atoms with E-state index in [0.29, 0.717) is 21.3 Å². The van der Waals surface area contributed by atoms with Crippen molar-refractivity contribution >= 4 is 35.0 Å². The van der Waals surface area contributed by atoms with Crippen molar-refractivity contribution in [1.29, 1.82) is 0 Å². The van der Waals surface area contributed by atoms with Crippen LogP contribution in [0.4, 0.5) is 0 Å². The summed E-state index contributed by atoms with van der Waals surface area (Å²) < 4.78 is 0. The van der Waals surface area contributed by atoms with E-state index >= 15 is 0 Å². The molecule has 1 rings (SSSR count). The number of hydrogen-bond acceptors (Lipinski definition) is 2. The minimum absolute atomic E-state index is 0.481. The summed E-state index contributed by atoms with van der Waals surface area (Å²) in [6.45, 7) is 7.68. The van der Waals surface area contributed by atoms with Crippen LogP contribution in [-0.4, -0.2) is 17.8 Å². The van der Waals surface area contributed by atoms with Crippen molar-refractivity contribution in [2.75, 3.05) is 6.54 Å². The van der Waals surface area contributed by atoms with Crippen LogP contribution in [0.2, 0.25) is 10.0 Å². The van der Waals surface area contributed by atoms with Gasteiger partial charge in [0.15, 0.2) is 0 Å². The number of halogens is 2. The summed E-state index contributed by atoms with van der Waals surface area (Å²) in [4.78, 5) is 1.16. The Morgan fingerprint density at radius 2 is 1.94 bits per heavy atom. The maximum Gasteiger partial charge on any atom is 0.0603 e. The summed E-state index contributed by atoms with van der Waals surface area (Å²) in [5.74, 6) is 0. The van der Waals surface area contributed by atoms with Gasteiger partial charge in [0.1, 0.15) is 0 Å². The van der Waals surface area contributed by atoms with Crippen molar-refractivity contribution in [3.63, 3.8) is 0 Å². The lowest BCUT2D eigenvalue weighted by atomic mass is 10.2. The second-order valence-electron chi connectivity index (χ2n) is 4.14. The molecular weight excluding hydrogens is 273 g/mol. The maximum absolute atomic E-state index is 6.00. The van der Waals surface area contributed by atoms with Gasteiger partial charge < -0.3 is 5.32 Å². The molecule has 0 saturated heterocycles. The van der Waals surface area contributed by atoms with Gasteiger partial charge in [-0.1, -0.05) is 37.0 Å². The van der Waals surface area contributed by atoms with Crippen LogP contribution in [0.15, 0.2) is 23.1 Å². The topological polar surface area (TPSA) is 12.0 Å². The van der Waals surface area contributed by atoms with Crippen LogP contribution >= 0.6 is 35.0 Å². The molecule has 0 aliphatic heterocycles. The van der Waals surface area contributed by atoms with Gasteiger partial charge in [-0.05, 0) is 38.1 Å². The first-order valence-electron chi connectivity index (χ1n) is 5.89. The van der Waals surface area contributed by atoms with E-state index in [1.165, 1.54) is 0 Å². The molecule has 2 unspecified atom stereocenters. The standard InChI is InChI=1S/C13H19Cl2NS/c1-4-7-16-9(2)10(3)17-11-5-6-12(14)13(15)8-11/h5-6,8-10,16H,4,7H2,1-3H3. The Kier molecular flexibility index (Phi) is 6.71. The van der Waals surface area contributed by atoms with Crippen molar-refractivity contribution in [1.82, 2.24) is 5.32 Å². The second-order valence-corrected chi connectivity index (χ2v) is 6.41. The molecule has 0 aliphatic rings. The quantitative estimate of drug-likeness (QED) is 0.751. The predicted molar refractivity (Wildman–Crippen MR) is 79.5 cm³/mol. The summed E-state index contributed by atoms with van der Waals surface area (Å²) in [6.07, 6.45) is 1.16. The smallest absolute Gasteiger partial charge is 0.0603 e. The average molecular weight is 292 g/mol. The molecule has 0 aromatic heterocycles. The summed E-state index contributed by atoms with van der Waals surface area (Å²) in [7, 11) is 0. The SMILES string of the molecule is CCCNC(C)C(C)Sc1ccc(Cl)c(Cl)c1. The Labute approximate surface area is 118 Å². The zero-order valence-electron chi connectivity index (χ0n) is 10.5. The van der Waals surface area contributed by atoms with Crippen LogP contribution in [0, 0.1) is 0 Å². The van der Waals surface area contributed by atoms with Crippen molar-refractivity contribution in [2.24, 2.45) is 0 Å². The number of benzene rings is 1. The zero-order chi connectivity index (χ0) is 12.8. The lowest BCUT2D eigenvalue weighted by molar-refractivity contribution is 0.542. The monoisotopic (exact) mass is 291 g/mol. The third-order valence-electron chi connectivity index (χ3n) is 2.63. The Morgan fingerprint density at radius 3 is 2.53 bits per heavy atom. The van der Waals surface area contributed by atoms with Gasteiger partial charge in [-0.3, -0.25) is 0 Å². The van der Waals surface area contributed by atoms with E-state index < -0.39 is 0 Å². The number of rotatable bonds is 6. The highest BCUT2D eigenvalue weighted by Gasteiger charge is 2.13. The molecule has 1 aromatic rings. The summed E-state index contributed by atoms with van der Waals surface area (Å²) in [5, 5.41) is 5.23. The Balaban J connectivity index is 2.55. The largest absolute Gasteiger partial charge is 0.313 e. The minimum Gasteiger partial charge on any atom is -0.313 e. The Hall–Kier alpha value is 0.110. The lowest BCUT2D eigenvalue weighted by Gasteiger charge is -2.20. The van der Waals surface area contributed by atoms with Gasteiger partial charge in [-0.15, -0.1) is 11.8 Å². The third kappa shape index (κ3) is 5.09. The van der Waals surface area contributed by atoms with Crippen molar-refractivity contribution in [2.45, 2.75) is 43.4 Å². The molecule has 1 N–H and O–H groups in total. The molecule has 0 spiro atoms. The Bertz CT molecular complexity index is 357. The molecule has 0 amide bonds. The van der Waals surface area contributed by atoms with E-state index in [2.05, 4.69) is 26.1 Å². The number of nitrogens with one attached hydrogen (secondary N) is 1. The van der Waals surface area contributed by atoms with E-state index in [9.17, 15) is 0 Å². The van der Waals surface area contributed by atoms with Gasteiger partial charge in [-0.25, -0.2) is 0 Å². The second kappa shape index (κ2) is 7.52. The predicted octanol–water partition coefficient (Wildman–Crippen LogP) is 4.86. The summed E-state index contributed by atoms with van der Waals surface area (Å²) in [5.41, 5.74) is 0. The molecule has 0 fully saturated rings. The Morgan fingerprint density at radius 1 is 1.24 bits per heavy atom. The van der Waals surface area contributed by atoms with Crippen molar-refractivity contribution < 1.29 is 0 Å². The first-order valence-corrected chi connectivity index (χ1v) is 7.53. The number of hydrogen-bond donors (Lipinski definition) is 1. The maximum atomic E-state index is 6.00. The molecule has 1 nitrogen and oxygen atoms in total. The van der Waals surface area contributed by atoms with Crippen LogP contribution in [-0.2, 0) is 0 Å². The van der Waals surface area contributed by atoms with Gasteiger partial charge in [0.25, 0.3) is 0 Å². The van der Waals surface area contributed by atoms with E-state index in [1.54, 1.807) is 0 Å². The minimum atomic E-state index is 0.481. The first-order chi connectivity index (χ1) is 8.04. The molecule has 0 heterocycles. The zero-order valence-corrected chi connectivity index (χ0v) is 12.8. The van der Waals surface area contributed by atoms with E-state index in [4.69, 9.17) is 23.2 Å². The molecular formula is C13H19Cl2NS. The normalized spacial score (nSPS) is 14.6. The van der Waals surface area contributed by atoms with Gasteiger partial charge >= 0.3 is 0 Å². The number of thioether (sulfide) groups is 1. The fraction of sp³-hybridized carbons (Fsp3) is 0.538. The van der Waals surface area contributed by atoms with Crippen molar-refractivity contribution in [3.05, 3.63) is 28.2 Å². The molecule has 4 heteroatoms. The van der Waals surface area contributed by atoms with E-state index in [-0.39, 0.29) is 0 Å². The van der Waals surface area contributed by atoms with Gasteiger partial charge in [0, 0.05) is 16.2 Å². The molecule has 17 heavy (non-hydrogen) atoms. The molecule has 0 radical (unpaired) electrons. The fourth-order valence-electron chi connectivity index (χ4n) is 1.40.